The van der Waals surface area contributed by atoms with Gasteiger partial charge in [0, 0.05) is 12.5 Å². The van der Waals surface area contributed by atoms with Crippen molar-refractivity contribution in [1.29, 1.82) is 0 Å². The zero-order valence-electron chi connectivity index (χ0n) is 6.62. The molecule has 0 aliphatic carbocycles. The van der Waals surface area contributed by atoms with E-state index in [2.05, 4.69) is 0 Å². The van der Waals surface area contributed by atoms with Crippen molar-refractivity contribution < 1.29 is 14.2 Å². The largest absolute Gasteiger partial charge is 0.381 e. The van der Waals surface area contributed by atoms with Crippen LogP contribution in [0.2, 0.25) is 0 Å². The SMILES string of the molecule is C1CC(C2COCCO2)CO1. The van der Waals surface area contributed by atoms with Gasteiger partial charge in [-0.05, 0) is 6.42 Å². The summed E-state index contributed by atoms with van der Waals surface area (Å²) in [5.41, 5.74) is 0. The first kappa shape index (κ1) is 7.53. The Morgan fingerprint density at radius 1 is 0.909 bits per heavy atom. The van der Waals surface area contributed by atoms with Crippen LogP contribution >= 0.6 is 0 Å². The van der Waals surface area contributed by atoms with Gasteiger partial charge in [-0.25, -0.2) is 0 Å². The first-order valence-corrected chi connectivity index (χ1v) is 4.24. The van der Waals surface area contributed by atoms with Gasteiger partial charge in [0.1, 0.15) is 0 Å². The highest BCUT2D eigenvalue weighted by Gasteiger charge is 2.28. The third kappa shape index (κ3) is 1.72. The highest BCUT2D eigenvalue weighted by atomic mass is 16.6. The van der Waals surface area contributed by atoms with Gasteiger partial charge in [0.25, 0.3) is 0 Å². The summed E-state index contributed by atoms with van der Waals surface area (Å²) in [4.78, 5) is 0. The molecule has 2 heterocycles. The summed E-state index contributed by atoms with van der Waals surface area (Å²) in [5.74, 6) is 0.579. The monoisotopic (exact) mass is 158 g/mol. The van der Waals surface area contributed by atoms with E-state index >= 15 is 0 Å². The average Bonchev–Trinajstić information content (AvgIpc) is 2.58. The van der Waals surface area contributed by atoms with Gasteiger partial charge < -0.3 is 14.2 Å². The Balaban J connectivity index is 1.82. The molecular weight excluding hydrogens is 144 g/mol. The van der Waals surface area contributed by atoms with Crippen LogP contribution in [0.15, 0.2) is 0 Å². The highest BCUT2D eigenvalue weighted by molar-refractivity contribution is 4.75. The van der Waals surface area contributed by atoms with Crippen LogP contribution in [0.5, 0.6) is 0 Å². The van der Waals surface area contributed by atoms with Gasteiger partial charge in [-0.1, -0.05) is 0 Å². The van der Waals surface area contributed by atoms with Gasteiger partial charge in [-0.2, -0.15) is 0 Å². The van der Waals surface area contributed by atoms with Crippen molar-refractivity contribution in [2.75, 3.05) is 33.0 Å². The first-order chi connectivity index (χ1) is 5.47. The van der Waals surface area contributed by atoms with E-state index in [0.29, 0.717) is 12.0 Å². The Bertz CT molecular complexity index is 115. The molecule has 2 rings (SSSR count). The van der Waals surface area contributed by atoms with Crippen molar-refractivity contribution in [2.24, 2.45) is 5.92 Å². The van der Waals surface area contributed by atoms with E-state index in [0.717, 1.165) is 39.5 Å². The molecule has 2 aliphatic rings. The minimum Gasteiger partial charge on any atom is -0.381 e. The second kappa shape index (κ2) is 3.52. The van der Waals surface area contributed by atoms with Crippen LogP contribution in [0.25, 0.3) is 0 Å². The van der Waals surface area contributed by atoms with Crippen molar-refractivity contribution >= 4 is 0 Å². The third-order valence-electron chi connectivity index (χ3n) is 2.33. The summed E-state index contributed by atoms with van der Waals surface area (Å²) in [6.45, 7) is 4.01. The molecule has 0 amide bonds. The summed E-state index contributed by atoms with van der Waals surface area (Å²) in [7, 11) is 0. The summed E-state index contributed by atoms with van der Waals surface area (Å²) in [5, 5.41) is 0. The Morgan fingerprint density at radius 3 is 2.45 bits per heavy atom. The van der Waals surface area contributed by atoms with Gasteiger partial charge >= 0.3 is 0 Å². The van der Waals surface area contributed by atoms with Crippen LogP contribution in [0, 0.1) is 5.92 Å². The van der Waals surface area contributed by atoms with Crippen molar-refractivity contribution in [1.82, 2.24) is 0 Å². The fraction of sp³-hybridized carbons (Fsp3) is 1.00. The number of hydrogen-bond donors (Lipinski definition) is 0. The molecule has 0 radical (unpaired) electrons. The zero-order chi connectivity index (χ0) is 7.52. The lowest BCUT2D eigenvalue weighted by Gasteiger charge is -2.26. The van der Waals surface area contributed by atoms with Crippen molar-refractivity contribution in [3.05, 3.63) is 0 Å². The molecule has 2 atom stereocenters. The van der Waals surface area contributed by atoms with Crippen molar-refractivity contribution in [2.45, 2.75) is 12.5 Å². The lowest BCUT2D eigenvalue weighted by molar-refractivity contribution is -0.110. The molecule has 3 heteroatoms. The molecule has 0 aromatic rings. The minimum absolute atomic E-state index is 0.297. The number of ether oxygens (including phenoxy) is 3. The maximum atomic E-state index is 5.56. The first-order valence-electron chi connectivity index (χ1n) is 4.24. The minimum atomic E-state index is 0.297. The van der Waals surface area contributed by atoms with Crippen LogP contribution in [0.1, 0.15) is 6.42 Å². The molecule has 11 heavy (non-hydrogen) atoms. The van der Waals surface area contributed by atoms with Gasteiger partial charge in [-0.15, -0.1) is 0 Å². The van der Waals surface area contributed by atoms with E-state index in [4.69, 9.17) is 14.2 Å². The molecule has 64 valence electrons. The van der Waals surface area contributed by atoms with E-state index in [1.165, 1.54) is 0 Å². The molecule has 0 saturated carbocycles. The molecule has 0 aromatic carbocycles. The lowest BCUT2D eigenvalue weighted by Crippen LogP contribution is -2.35. The Labute approximate surface area is 66.6 Å². The molecule has 3 nitrogen and oxygen atoms in total. The fourth-order valence-corrected chi connectivity index (χ4v) is 1.62. The summed E-state index contributed by atoms with van der Waals surface area (Å²) in [6.07, 6.45) is 1.43. The zero-order valence-corrected chi connectivity index (χ0v) is 6.62. The molecule has 2 aliphatic heterocycles. The molecule has 0 N–H and O–H groups in total. The predicted octanol–water partition coefficient (Wildman–Crippen LogP) is 0.438. The maximum absolute atomic E-state index is 5.56. The van der Waals surface area contributed by atoms with E-state index in [1.807, 2.05) is 0 Å². The van der Waals surface area contributed by atoms with Gasteiger partial charge in [0.05, 0.1) is 32.5 Å². The number of hydrogen-bond acceptors (Lipinski definition) is 3. The van der Waals surface area contributed by atoms with Gasteiger partial charge in [0.2, 0.25) is 0 Å². The quantitative estimate of drug-likeness (QED) is 0.554. The second-order valence-corrected chi connectivity index (χ2v) is 3.11. The topological polar surface area (TPSA) is 27.7 Å². The molecule has 0 bridgehead atoms. The predicted molar refractivity (Wildman–Crippen MR) is 39.5 cm³/mol. The van der Waals surface area contributed by atoms with Crippen molar-refractivity contribution in [3.8, 4) is 0 Å². The highest BCUT2D eigenvalue weighted by Crippen LogP contribution is 2.20. The maximum Gasteiger partial charge on any atom is 0.0860 e. The van der Waals surface area contributed by atoms with E-state index < -0.39 is 0 Å². The van der Waals surface area contributed by atoms with Crippen LogP contribution < -0.4 is 0 Å². The summed E-state index contributed by atoms with van der Waals surface area (Å²) < 4.78 is 16.1. The van der Waals surface area contributed by atoms with Gasteiger partial charge in [-0.3, -0.25) is 0 Å². The van der Waals surface area contributed by atoms with E-state index in [-0.39, 0.29) is 0 Å². The Morgan fingerprint density at radius 2 is 1.82 bits per heavy atom. The number of rotatable bonds is 1. The normalized spacial score (nSPS) is 39.3. The Kier molecular flexibility index (Phi) is 2.41. The smallest absolute Gasteiger partial charge is 0.0860 e. The van der Waals surface area contributed by atoms with Crippen LogP contribution in [0.3, 0.4) is 0 Å². The van der Waals surface area contributed by atoms with Crippen molar-refractivity contribution in [3.63, 3.8) is 0 Å². The Hall–Kier alpha value is -0.120. The molecule has 0 aromatic heterocycles. The van der Waals surface area contributed by atoms with Crippen LogP contribution in [-0.4, -0.2) is 39.1 Å². The second-order valence-electron chi connectivity index (χ2n) is 3.11. The molecule has 0 spiro atoms. The van der Waals surface area contributed by atoms with E-state index in [1.54, 1.807) is 0 Å². The third-order valence-corrected chi connectivity index (χ3v) is 2.33. The van der Waals surface area contributed by atoms with E-state index in [9.17, 15) is 0 Å². The summed E-state index contributed by atoms with van der Waals surface area (Å²) >= 11 is 0. The average molecular weight is 158 g/mol. The van der Waals surface area contributed by atoms with Gasteiger partial charge in [0.15, 0.2) is 0 Å². The molecular formula is C8H14O3. The summed E-state index contributed by atoms with van der Waals surface area (Å²) in [6, 6.07) is 0. The van der Waals surface area contributed by atoms with Crippen LogP contribution in [-0.2, 0) is 14.2 Å². The van der Waals surface area contributed by atoms with Crippen LogP contribution in [0.4, 0.5) is 0 Å². The molecule has 2 saturated heterocycles. The lowest BCUT2D eigenvalue weighted by atomic mass is 10.0. The standard InChI is InChI=1S/C8H14O3/c1-2-9-5-7(1)8-6-10-3-4-11-8/h7-8H,1-6H2. The fourth-order valence-electron chi connectivity index (χ4n) is 1.62. The molecule has 2 fully saturated rings. The molecule has 2 unspecified atom stereocenters.